The highest BCUT2D eigenvalue weighted by Crippen LogP contribution is 2.11. The second-order valence-electron chi connectivity index (χ2n) is 5.40. The highest BCUT2D eigenvalue weighted by molar-refractivity contribution is 5.94. The van der Waals surface area contributed by atoms with Crippen LogP contribution >= 0.6 is 0 Å². The number of rotatable bonds is 3. The summed E-state index contributed by atoms with van der Waals surface area (Å²) in [5.74, 6) is 0.179. The molecular formula is C16H24N2O. The summed E-state index contributed by atoms with van der Waals surface area (Å²) >= 11 is 0. The van der Waals surface area contributed by atoms with Crippen molar-refractivity contribution in [1.29, 1.82) is 0 Å². The van der Waals surface area contributed by atoms with Crippen molar-refractivity contribution in [1.82, 2.24) is 9.80 Å². The molecule has 0 unspecified atom stereocenters. The van der Waals surface area contributed by atoms with Gasteiger partial charge in [0.25, 0.3) is 5.91 Å². The van der Waals surface area contributed by atoms with Gasteiger partial charge in [0.2, 0.25) is 0 Å². The molecule has 19 heavy (non-hydrogen) atoms. The van der Waals surface area contributed by atoms with Crippen LogP contribution < -0.4 is 0 Å². The monoisotopic (exact) mass is 260 g/mol. The summed E-state index contributed by atoms with van der Waals surface area (Å²) in [4.78, 5) is 16.7. The molecule has 1 aliphatic heterocycles. The van der Waals surface area contributed by atoms with Crippen molar-refractivity contribution in [2.75, 3.05) is 33.2 Å². The van der Waals surface area contributed by atoms with Crippen molar-refractivity contribution >= 4 is 5.91 Å². The van der Waals surface area contributed by atoms with E-state index in [1.54, 1.807) is 0 Å². The van der Waals surface area contributed by atoms with Crippen LogP contribution in [0.2, 0.25) is 0 Å². The largest absolute Gasteiger partial charge is 0.337 e. The van der Waals surface area contributed by atoms with E-state index in [4.69, 9.17) is 0 Å². The number of likely N-dealkylation sites (N-methyl/N-ethyl adjacent to an activating group) is 1. The van der Waals surface area contributed by atoms with Gasteiger partial charge in [0, 0.05) is 25.2 Å². The standard InChI is InChI=1S/C16H24N2O/c1-3-5-14-6-8-15(9-7-14)16(19)18-11-4-10-17(2)12-13-18/h6-9H,3-5,10-13H2,1-2H3. The molecule has 3 heteroatoms. The second-order valence-corrected chi connectivity index (χ2v) is 5.40. The first-order valence-electron chi connectivity index (χ1n) is 7.27. The first-order chi connectivity index (χ1) is 9.20. The van der Waals surface area contributed by atoms with Crippen LogP contribution in [0.1, 0.15) is 35.7 Å². The van der Waals surface area contributed by atoms with Crippen molar-refractivity contribution in [2.45, 2.75) is 26.2 Å². The minimum Gasteiger partial charge on any atom is -0.337 e. The Kier molecular flexibility index (Phi) is 4.97. The highest BCUT2D eigenvalue weighted by atomic mass is 16.2. The molecule has 1 heterocycles. The summed E-state index contributed by atoms with van der Waals surface area (Å²) in [6.07, 6.45) is 3.30. The first-order valence-corrected chi connectivity index (χ1v) is 7.27. The topological polar surface area (TPSA) is 23.6 Å². The molecule has 0 atom stereocenters. The lowest BCUT2D eigenvalue weighted by Gasteiger charge is -2.20. The van der Waals surface area contributed by atoms with Gasteiger partial charge in [-0.05, 0) is 44.1 Å². The average molecular weight is 260 g/mol. The fraction of sp³-hybridized carbons (Fsp3) is 0.562. The van der Waals surface area contributed by atoms with E-state index in [0.29, 0.717) is 0 Å². The van der Waals surface area contributed by atoms with Gasteiger partial charge in [-0.2, -0.15) is 0 Å². The highest BCUT2D eigenvalue weighted by Gasteiger charge is 2.18. The smallest absolute Gasteiger partial charge is 0.253 e. The maximum Gasteiger partial charge on any atom is 0.253 e. The average Bonchev–Trinajstić information content (AvgIpc) is 2.64. The van der Waals surface area contributed by atoms with Gasteiger partial charge in [-0.3, -0.25) is 4.79 Å². The van der Waals surface area contributed by atoms with Gasteiger partial charge in [0.1, 0.15) is 0 Å². The number of carbonyl (C=O) groups is 1. The lowest BCUT2D eigenvalue weighted by Crippen LogP contribution is -2.34. The van der Waals surface area contributed by atoms with E-state index in [2.05, 4.69) is 31.0 Å². The van der Waals surface area contributed by atoms with Gasteiger partial charge in [0.05, 0.1) is 0 Å². The summed E-state index contributed by atoms with van der Waals surface area (Å²) in [6.45, 7) is 5.94. The number of hydrogen-bond donors (Lipinski definition) is 0. The third-order valence-corrected chi connectivity index (χ3v) is 3.75. The molecule has 1 aliphatic rings. The van der Waals surface area contributed by atoms with Crippen molar-refractivity contribution in [3.63, 3.8) is 0 Å². The molecular weight excluding hydrogens is 236 g/mol. The van der Waals surface area contributed by atoms with E-state index in [0.717, 1.165) is 51.0 Å². The lowest BCUT2D eigenvalue weighted by atomic mass is 10.1. The third kappa shape index (κ3) is 3.80. The van der Waals surface area contributed by atoms with E-state index < -0.39 is 0 Å². The van der Waals surface area contributed by atoms with E-state index in [1.165, 1.54) is 5.56 Å². The molecule has 1 amide bonds. The number of benzene rings is 1. The van der Waals surface area contributed by atoms with Crippen LogP contribution in [-0.2, 0) is 6.42 Å². The maximum atomic E-state index is 12.4. The second kappa shape index (κ2) is 6.71. The van der Waals surface area contributed by atoms with Crippen LogP contribution in [-0.4, -0.2) is 48.9 Å². The van der Waals surface area contributed by atoms with Gasteiger partial charge >= 0.3 is 0 Å². The zero-order valence-corrected chi connectivity index (χ0v) is 12.1. The first kappa shape index (κ1) is 14.1. The molecule has 1 fully saturated rings. The fourth-order valence-corrected chi connectivity index (χ4v) is 2.53. The normalized spacial score (nSPS) is 17.3. The van der Waals surface area contributed by atoms with Crippen molar-refractivity contribution in [2.24, 2.45) is 0 Å². The number of aryl methyl sites for hydroxylation is 1. The Bertz CT molecular complexity index is 413. The maximum absolute atomic E-state index is 12.4. The van der Waals surface area contributed by atoms with Crippen LogP contribution in [0.25, 0.3) is 0 Å². The van der Waals surface area contributed by atoms with E-state index >= 15 is 0 Å². The molecule has 0 saturated carbocycles. The van der Waals surface area contributed by atoms with Gasteiger partial charge < -0.3 is 9.80 Å². The van der Waals surface area contributed by atoms with E-state index in [-0.39, 0.29) is 5.91 Å². The number of hydrogen-bond acceptors (Lipinski definition) is 2. The molecule has 1 aromatic rings. The number of nitrogens with zero attached hydrogens (tertiary/aromatic N) is 2. The Morgan fingerprint density at radius 3 is 2.53 bits per heavy atom. The minimum absolute atomic E-state index is 0.179. The summed E-state index contributed by atoms with van der Waals surface area (Å²) in [7, 11) is 2.12. The molecule has 2 rings (SSSR count). The summed E-state index contributed by atoms with van der Waals surface area (Å²) in [6, 6.07) is 8.12. The lowest BCUT2D eigenvalue weighted by molar-refractivity contribution is 0.0763. The predicted octanol–water partition coefficient (Wildman–Crippen LogP) is 2.42. The summed E-state index contributed by atoms with van der Waals surface area (Å²) in [5, 5.41) is 0. The van der Waals surface area contributed by atoms with Crippen LogP contribution in [0.3, 0.4) is 0 Å². The molecule has 0 N–H and O–H groups in total. The quantitative estimate of drug-likeness (QED) is 0.833. The van der Waals surface area contributed by atoms with Crippen molar-refractivity contribution in [3.8, 4) is 0 Å². The van der Waals surface area contributed by atoms with Crippen LogP contribution in [0.5, 0.6) is 0 Å². The van der Waals surface area contributed by atoms with Crippen LogP contribution in [0.15, 0.2) is 24.3 Å². The Balaban J connectivity index is 2.02. The zero-order valence-electron chi connectivity index (χ0n) is 12.1. The van der Waals surface area contributed by atoms with E-state index in [1.807, 2.05) is 17.0 Å². The van der Waals surface area contributed by atoms with Gasteiger partial charge in [-0.1, -0.05) is 25.5 Å². The van der Waals surface area contributed by atoms with Gasteiger partial charge in [-0.25, -0.2) is 0 Å². The Morgan fingerprint density at radius 2 is 1.84 bits per heavy atom. The molecule has 3 nitrogen and oxygen atoms in total. The van der Waals surface area contributed by atoms with Gasteiger partial charge in [0.15, 0.2) is 0 Å². The van der Waals surface area contributed by atoms with Crippen molar-refractivity contribution < 1.29 is 4.79 Å². The molecule has 0 spiro atoms. The summed E-state index contributed by atoms with van der Waals surface area (Å²) in [5.41, 5.74) is 2.14. The number of amides is 1. The Hall–Kier alpha value is -1.35. The molecule has 0 aliphatic carbocycles. The molecule has 0 bridgehead atoms. The van der Waals surface area contributed by atoms with Crippen LogP contribution in [0.4, 0.5) is 0 Å². The van der Waals surface area contributed by atoms with E-state index in [9.17, 15) is 4.79 Å². The molecule has 1 aromatic carbocycles. The Labute approximate surface area is 116 Å². The Morgan fingerprint density at radius 1 is 1.11 bits per heavy atom. The SMILES string of the molecule is CCCc1ccc(C(=O)N2CCCN(C)CC2)cc1. The van der Waals surface area contributed by atoms with Gasteiger partial charge in [-0.15, -0.1) is 0 Å². The molecule has 0 aromatic heterocycles. The summed E-state index contributed by atoms with van der Waals surface area (Å²) < 4.78 is 0. The minimum atomic E-state index is 0.179. The van der Waals surface area contributed by atoms with Crippen LogP contribution in [0, 0.1) is 0 Å². The third-order valence-electron chi connectivity index (χ3n) is 3.75. The molecule has 0 radical (unpaired) electrons. The predicted molar refractivity (Wildman–Crippen MR) is 78.5 cm³/mol. The number of carbonyl (C=O) groups excluding carboxylic acids is 1. The zero-order chi connectivity index (χ0) is 13.7. The molecule has 104 valence electrons. The fourth-order valence-electron chi connectivity index (χ4n) is 2.53. The molecule has 1 saturated heterocycles. The van der Waals surface area contributed by atoms with Crippen molar-refractivity contribution in [3.05, 3.63) is 35.4 Å².